The number of hydrogen-bond acceptors (Lipinski definition) is 4. The predicted octanol–water partition coefficient (Wildman–Crippen LogP) is 1.51. The Hall–Kier alpha value is -1.60. The van der Waals surface area contributed by atoms with Crippen LogP contribution in [0.1, 0.15) is 24.6 Å². The number of nitriles is 1. The van der Waals surface area contributed by atoms with Crippen molar-refractivity contribution in [1.29, 1.82) is 5.26 Å². The summed E-state index contributed by atoms with van der Waals surface area (Å²) in [7, 11) is 0. The van der Waals surface area contributed by atoms with E-state index < -0.39 is 0 Å². The van der Waals surface area contributed by atoms with Gasteiger partial charge in [-0.15, -0.1) is 0 Å². The fraction of sp³-hybridized carbons (Fsp3) is 0.455. The van der Waals surface area contributed by atoms with Crippen LogP contribution in [0.4, 0.5) is 0 Å². The van der Waals surface area contributed by atoms with E-state index in [9.17, 15) is 4.79 Å². The van der Waals surface area contributed by atoms with Gasteiger partial charge in [0.25, 0.3) is 0 Å². The van der Waals surface area contributed by atoms with Gasteiger partial charge in [-0.2, -0.15) is 5.26 Å². The summed E-state index contributed by atoms with van der Waals surface area (Å²) in [5.41, 5.74) is 0. The number of Topliss-reactive ketones (excluding diaryl/α,β-unsaturated/α-hetero) is 1. The summed E-state index contributed by atoms with van der Waals surface area (Å²) in [6.07, 6.45) is 2.65. The third kappa shape index (κ3) is 2.08. The monoisotopic (exact) mass is 204 g/mol. The van der Waals surface area contributed by atoms with Crippen molar-refractivity contribution in [3.05, 3.63) is 24.2 Å². The number of ketones is 1. The summed E-state index contributed by atoms with van der Waals surface area (Å²) >= 11 is 0. The van der Waals surface area contributed by atoms with E-state index in [0.29, 0.717) is 31.7 Å². The number of piperidine rings is 1. The summed E-state index contributed by atoms with van der Waals surface area (Å²) in [5.74, 6) is 0.939. The first kappa shape index (κ1) is 9.94. The molecule has 0 radical (unpaired) electrons. The van der Waals surface area contributed by atoms with Crippen LogP contribution in [0.5, 0.6) is 0 Å². The van der Waals surface area contributed by atoms with Gasteiger partial charge in [-0.05, 0) is 12.1 Å². The highest BCUT2D eigenvalue weighted by Gasteiger charge is 2.26. The molecule has 4 nitrogen and oxygen atoms in total. The Morgan fingerprint density at radius 1 is 1.47 bits per heavy atom. The van der Waals surface area contributed by atoms with Gasteiger partial charge in [-0.1, -0.05) is 0 Å². The first-order chi connectivity index (χ1) is 7.31. The number of rotatable bonds is 2. The molecule has 1 unspecified atom stereocenters. The first-order valence-electron chi connectivity index (χ1n) is 5.00. The molecule has 1 atom stereocenters. The smallest absolute Gasteiger partial charge is 0.156 e. The summed E-state index contributed by atoms with van der Waals surface area (Å²) in [6.45, 7) is 1.30. The lowest BCUT2D eigenvalue weighted by molar-refractivity contribution is -0.121. The topological polar surface area (TPSA) is 57.2 Å². The molecule has 1 aromatic heterocycles. The largest absolute Gasteiger partial charge is 0.467 e. The third-order valence-electron chi connectivity index (χ3n) is 2.66. The average Bonchev–Trinajstić information content (AvgIpc) is 2.75. The zero-order valence-corrected chi connectivity index (χ0v) is 8.35. The minimum Gasteiger partial charge on any atom is -0.467 e. The molecule has 78 valence electrons. The van der Waals surface area contributed by atoms with E-state index >= 15 is 0 Å². The summed E-state index contributed by atoms with van der Waals surface area (Å²) in [4.78, 5) is 13.1. The van der Waals surface area contributed by atoms with Gasteiger partial charge in [-0.25, -0.2) is 0 Å². The number of furan rings is 1. The van der Waals surface area contributed by atoms with E-state index in [0.717, 1.165) is 0 Å². The Bertz CT molecular complexity index is 368. The number of likely N-dealkylation sites (tertiary alicyclic amines) is 1. The van der Waals surface area contributed by atoms with Gasteiger partial charge in [-0.3, -0.25) is 9.69 Å². The van der Waals surface area contributed by atoms with Crippen molar-refractivity contribution in [2.75, 3.05) is 13.1 Å². The molecule has 1 aliphatic rings. The van der Waals surface area contributed by atoms with Crippen LogP contribution in [0.15, 0.2) is 22.8 Å². The number of carbonyl (C=O) groups is 1. The van der Waals surface area contributed by atoms with Crippen molar-refractivity contribution in [1.82, 2.24) is 4.90 Å². The van der Waals surface area contributed by atoms with Crippen LogP contribution < -0.4 is 0 Å². The molecule has 1 aromatic rings. The van der Waals surface area contributed by atoms with E-state index in [1.165, 1.54) is 0 Å². The molecule has 0 N–H and O–H groups in total. The lowest BCUT2D eigenvalue weighted by atomic mass is 10.1. The van der Waals surface area contributed by atoms with Crippen LogP contribution in [-0.2, 0) is 4.79 Å². The van der Waals surface area contributed by atoms with Gasteiger partial charge < -0.3 is 4.42 Å². The quantitative estimate of drug-likeness (QED) is 0.732. The van der Waals surface area contributed by atoms with Crippen molar-refractivity contribution >= 4 is 5.78 Å². The standard InChI is InChI=1S/C11H12N2O2/c12-8-10(11-2-1-7-15-11)13-5-3-9(14)4-6-13/h1-2,7,10H,3-6H2. The first-order valence-corrected chi connectivity index (χ1v) is 5.00. The van der Waals surface area contributed by atoms with E-state index in [1.54, 1.807) is 18.4 Å². The normalized spacial score (nSPS) is 19.8. The Labute approximate surface area is 88.1 Å². The van der Waals surface area contributed by atoms with Crippen molar-refractivity contribution in [2.45, 2.75) is 18.9 Å². The van der Waals surface area contributed by atoms with Gasteiger partial charge in [0.1, 0.15) is 11.5 Å². The number of hydrogen-bond donors (Lipinski definition) is 0. The fourth-order valence-electron chi connectivity index (χ4n) is 1.80. The Morgan fingerprint density at radius 2 is 2.20 bits per heavy atom. The lowest BCUT2D eigenvalue weighted by Gasteiger charge is -2.28. The van der Waals surface area contributed by atoms with Gasteiger partial charge in [0.05, 0.1) is 12.3 Å². The van der Waals surface area contributed by atoms with Crippen LogP contribution in [0.25, 0.3) is 0 Å². The van der Waals surface area contributed by atoms with Gasteiger partial charge in [0, 0.05) is 25.9 Å². The van der Waals surface area contributed by atoms with Crippen molar-refractivity contribution in [3.63, 3.8) is 0 Å². The molecule has 15 heavy (non-hydrogen) atoms. The Balaban J connectivity index is 2.08. The minimum absolute atomic E-state index is 0.280. The molecular formula is C11H12N2O2. The molecule has 4 heteroatoms. The molecule has 0 aliphatic carbocycles. The molecule has 1 aliphatic heterocycles. The molecule has 1 fully saturated rings. The molecule has 1 saturated heterocycles. The molecule has 0 saturated carbocycles. The molecule has 2 rings (SSSR count). The summed E-state index contributed by atoms with van der Waals surface area (Å²) < 4.78 is 5.22. The number of carbonyl (C=O) groups excluding carboxylic acids is 1. The van der Waals surface area contributed by atoms with Crippen LogP contribution >= 0.6 is 0 Å². The van der Waals surface area contributed by atoms with E-state index in [1.807, 2.05) is 4.90 Å². The molecule has 2 heterocycles. The van der Waals surface area contributed by atoms with E-state index in [2.05, 4.69) is 6.07 Å². The second-order valence-corrected chi connectivity index (χ2v) is 3.62. The van der Waals surface area contributed by atoms with Gasteiger partial charge in [0.15, 0.2) is 6.04 Å². The molecule has 0 amide bonds. The highest BCUT2D eigenvalue weighted by atomic mass is 16.3. The highest BCUT2D eigenvalue weighted by Crippen LogP contribution is 2.23. The van der Waals surface area contributed by atoms with E-state index in [-0.39, 0.29) is 11.8 Å². The molecule has 0 spiro atoms. The van der Waals surface area contributed by atoms with E-state index in [4.69, 9.17) is 9.68 Å². The zero-order valence-electron chi connectivity index (χ0n) is 8.35. The second-order valence-electron chi connectivity index (χ2n) is 3.62. The zero-order chi connectivity index (χ0) is 10.7. The molecular weight excluding hydrogens is 192 g/mol. The second kappa shape index (κ2) is 4.28. The highest BCUT2D eigenvalue weighted by molar-refractivity contribution is 5.79. The third-order valence-corrected chi connectivity index (χ3v) is 2.66. The van der Waals surface area contributed by atoms with Crippen molar-refractivity contribution in [2.24, 2.45) is 0 Å². The van der Waals surface area contributed by atoms with Gasteiger partial charge in [0.2, 0.25) is 0 Å². The Kier molecular flexibility index (Phi) is 2.84. The number of nitrogens with zero attached hydrogens (tertiary/aromatic N) is 2. The predicted molar refractivity (Wildman–Crippen MR) is 52.9 cm³/mol. The fourth-order valence-corrected chi connectivity index (χ4v) is 1.80. The maximum absolute atomic E-state index is 11.1. The maximum Gasteiger partial charge on any atom is 0.156 e. The summed E-state index contributed by atoms with van der Waals surface area (Å²) in [5, 5.41) is 9.08. The lowest BCUT2D eigenvalue weighted by Crippen LogP contribution is -2.36. The van der Waals surface area contributed by atoms with Crippen LogP contribution in [-0.4, -0.2) is 23.8 Å². The summed E-state index contributed by atoms with van der Waals surface area (Å²) in [6, 6.07) is 5.42. The van der Waals surface area contributed by atoms with Crippen molar-refractivity contribution < 1.29 is 9.21 Å². The van der Waals surface area contributed by atoms with Crippen LogP contribution in [0.2, 0.25) is 0 Å². The van der Waals surface area contributed by atoms with Crippen LogP contribution in [0, 0.1) is 11.3 Å². The van der Waals surface area contributed by atoms with Crippen LogP contribution in [0.3, 0.4) is 0 Å². The minimum atomic E-state index is -0.354. The van der Waals surface area contributed by atoms with Crippen molar-refractivity contribution in [3.8, 4) is 6.07 Å². The Morgan fingerprint density at radius 3 is 2.73 bits per heavy atom. The average molecular weight is 204 g/mol. The van der Waals surface area contributed by atoms with Gasteiger partial charge >= 0.3 is 0 Å². The maximum atomic E-state index is 11.1. The molecule has 0 aromatic carbocycles. The molecule has 0 bridgehead atoms. The SMILES string of the molecule is N#CC(c1ccco1)N1CCC(=O)CC1.